The summed E-state index contributed by atoms with van der Waals surface area (Å²) in [6.45, 7) is 5.04. The van der Waals surface area contributed by atoms with Gasteiger partial charge in [0.2, 0.25) is 0 Å². The number of rotatable bonds is 3. The monoisotopic (exact) mass is 196 g/mol. The molecule has 1 aliphatic carbocycles. The number of nitrogens with zero attached hydrogens (tertiary/aromatic N) is 1. The van der Waals surface area contributed by atoms with Crippen molar-refractivity contribution >= 4 is 11.3 Å². The van der Waals surface area contributed by atoms with E-state index in [0.29, 0.717) is 12.5 Å². The summed E-state index contributed by atoms with van der Waals surface area (Å²) in [4.78, 5) is 5.99. The average molecular weight is 196 g/mol. The fourth-order valence-electron chi connectivity index (χ4n) is 1.45. The predicted molar refractivity (Wildman–Crippen MR) is 56.1 cm³/mol. The Balaban J connectivity index is 2.31. The Labute approximate surface area is 83.2 Å². The van der Waals surface area contributed by atoms with Gasteiger partial charge >= 0.3 is 0 Å². The van der Waals surface area contributed by atoms with E-state index in [2.05, 4.69) is 18.8 Å². The van der Waals surface area contributed by atoms with Crippen LogP contribution in [0.4, 0.5) is 0 Å². The lowest BCUT2D eigenvalue weighted by Crippen LogP contribution is -1.96. The van der Waals surface area contributed by atoms with Crippen LogP contribution in [0.2, 0.25) is 0 Å². The fraction of sp³-hybridized carbons (Fsp3) is 0.700. The first-order chi connectivity index (χ1) is 6.22. The van der Waals surface area contributed by atoms with Crippen LogP contribution >= 0.6 is 11.3 Å². The van der Waals surface area contributed by atoms with Crippen LogP contribution in [0.3, 0.4) is 0 Å². The molecular weight excluding hydrogens is 180 g/mol. The molecule has 13 heavy (non-hydrogen) atoms. The fourth-order valence-corrected chi connectivity index (χ4v) is 2.48. The van der Waals surface area contributed by atoms with Crippen molar-refractivity contribution in [3.63, 3.8) is 0 Å². The van der Waals surface area contributed by atoms with Crippen molar-refractivity contribution in [1.29, 1.82) is 0 Å². The van der Waals surface area contributed by atoms with Crippen LogP contribution in [0.15, 0.2) is 0 Å². The lowest BCUT2D eigenvalue weighted by molar-refractivity contribution is 0.835. The molecule has 1 saturated carbocycles. The summed E-state index contributed by atoms with van der Waals surface area (Å²) in [6, 6.07) is 0. The molecule has 1 aromatic rings. The number of nitrogens with two attached hydrogens (primary N) is 1. The van der Waals surface area contributed by atoms with Crippen molar-refractivity contribution < 1.29 is 0 Å². The summed E-state index contributed by atoms with van der Waals surface area (Å²) < 4.78 is 0. The molecule has 0 aromatic carbocycles. The third-order valence-electron chi connectivity index (χ3n) is 2.39. The van der Waals surface area contributed by atoms with Crippen LogP contribution < -0.4 is 5.73 Å². The van der Waals surface area contributed by atoms with Gasteiger partial charge in [0.05, 0.1) is 10.7 Å². The van der Waals surface area contributed by atoms with Crippen LogP contribution in [-0.2, 0) is 6.54 Å². The van der Waals surface area contributed by atoms with Gasteiger partial charge in [-0.05, 0) is 12.8 Å². The van der Waals surface area contributed by atoms with Gasteiger partial charge in [-0.15, -0.1) is 11.3 Å². The Morgan fingerprint density at radius 1 is 1.54 bits per heavy atom. The molecule has 1 heterocycles. The van der Waals surface area contributed by atoms with Crippen LogP contribution in [0, 0.1) is 0 Å². The van der Waals surface area contributed by atoms with Crippen LogP contribution in [0.1, 0.15) is 54.1 Å². The third kappa shape index (κ3) is 1.76. The van der Waals surface area contributed by atoms with Gasteiger partial charge < -0.3 is 5.73 Å². The normalized spacial score (nSPS) is 16.9. The van der Waals surface area contributed by atoms with E-state index in [0.717, 1.165) is 5.92 Å². The molecule has 0 saturated heterocycles. The second-order valence-corrected chi connectivity index (χ2v) is 5.11. The highest BCUT2D eigenvalue weighted by molar-refractivity contribution is 7.11. The molecule has 1 aliphatic rings. The second kappa shape index (κ2) is 3.39. The molecule has 1 fully saturated rings. The molecule has 0 bridgehead atoms. The van der Waals surface area contributed by atoms with Gasteiger partial charge in [-0.3, -0.25) is 0 Å². The maximum Gasteiger partial charge on any atom is 0.0957 e. The number of hydrogen-bond donors (Lipinski definition) is 1. The molecule has 2 nitrogen and oxygen atoms in total. The van der Waals surface area contributed by atoms with E-state index in [1.165, 1.54) is 28.4 Å². The molecule has 0 spiro atoms. The molecule has 0 atom stereocenters. The van der Waals surface area contributed by atoms with Gasteiger partial charge in [-0.2, -0.15) is 0 Å². The van der Waals surface area contributed by atoms with Gasteiger partial charge in [0, 0.05) is 23.3 Å². The average Bonchev–Trinajstić information content (AvgIpc) is 2.84. The molecule has 0 aliphatic heterocycles. The lowest BCUT2D eigenvalue weighted by atomic mass is 10.2. The Kier molecular flexibility index (Phi) is 2.39. The minimum atomic E-state index is 0.544. The van der Waals surface area contributed by atoms with Crippen molar-refractivity contribution in [3.05, 3.63) is 15.6 Å². The molecule has 0 radical (unpaired) electrons. The zero-order chi connectivity index (χ0) is 9.42. The van der Waals surface area contributed by atoms with E-state index in [-0.39, 0.29) is 0 Å². The molecule has 2 rings (SSSR count). The van der Waals surface area contributed by atoms with E-state index in [1.807, 2.05) is 0 Å². The Hall–Kier alpha value is -0.410. The molecule has 72 valence electrons. The molecule has 2 N–H and O–H groups in total. The van der Waals surface area contributed by atoms with Gasteiger partial charge in [0.25, 0.3) is 0 Å². The minimum absolute atomic E-state index is 0.544. The van der Waals surface area contributed by atoms with Crippen LogP contribution in [0.5, 0.6) is 0 Å². The first kappa shape index (κ1) is 9.16. The first-order valence-electron chi connectivity index (χ1n) is 4.92. The first-order valence-corrected chi connectivity index (χ1v) is 5.73. The summed E-state index contributed by atoms with van der Waals surface area (Å²) >= 11 is 1.80. The van der Waals surface area contributed by atoms with Gasteiger partial charge in [-0.1, -0.05) is 13.8 Å². The minimum Gasteiger partial charge on any atom is -0.326 e. The predicted octanol–water partition coefficient (Wildman–Crippen LogP) is 2.60. The van der Waals surface area contributed by atoms with Gasteiger partial charge in [0.15, 0.2) is 0 Å². The van der Waals surface area contributed by atoms with Crippen molar-refractivity contribution in [2.45, 2.75) is 45.1 Å². The molecule has 1 aromatic heterocycles. The standard InChI is InChI=1S/C10H16N2S/c1-6(2)10-12-9(7-3-4-7)8(5-11)13-10/h6-7H,3-5,11H2,1-2H3. The summed E-state index contributed by atoms with van der Waals surface area (Å²) in [7, 11) is 0. The van der Waals surface area contributed by atoms with Crippen LogP contribution in [0.25, 0.3) is 0 Å². The number of hydrogen-bond acceptors (Lipinski definition) is 3. The van der Waals surface area contributed by atoms with Crippen molar-refractivity contribution in [2.75, 3.05) is 0 Å². The maximum atomic E-state index is 5.70. The smallest absolute Gasteiger partial charge is 0.0957 e. The maximum absolute atomic E-state index is 5.70. The van der Waals surface area contributed by atoms with Crippen molar-refractivity contribution in [1.82, 2.24) is 4.98 Å². The topological polar surface area (TPSA) is 38.9 Å². The highest BCUT2D eigenvalue weighted by atomic mass is 32.1. The van der Waals surface area contributed by atoms with Crippen molar-refractivity contribution in [2.24, 2.45) is 5.73 Å². The number of thiazole rings is 1. The number of aromatic nitrogens is 1. The SMILES string of the molecule is CC(C)c1nc(C2CC2)c(CN)s1. The van der Waals surface area contributed by atoms with E-state index >= 15 is 0 Å². The van der Waals surface area contributed by atoms with Gasteiger partial charge in [-0.25, -0.2) is 4.98 Å². The zero-order valence-electron chi connectivity index (χ0n) is 8.21. The van der Waals surface area contributed by atoms with E-state index in [4.69, 9.17) is 5.73 Å². The second-order valence-electron chi connectivity index (χ2n) is 3.99. The Morgan fingerprint density at radius 2 is 2.23 bits per heavy atom. The molecule has 0 unspecified atom stereocenters. The Morgan fingerprint density at radius 3 is 2.69 bits per heavy atom. The van der Waals surface area contributed by atoms with E-state index in [9.17, 15) is 0 Å². The van der Waals surface area contributed by atoms with E-state index in [1.54, 1.807) is 11.3 Å². The largest absolute Gasteiger partial charge is 0.326 e. The van der Waals surface area contributed by atoms with E-state index < -0.39 is 0 Å². The highest BCUT2D eigenvalue weighted by Crippen LogP contribution is 2.43. The highest BCUT2D eigenvalue weighted by Gasteiger charge is 2.29. The summed E-state index contributed by atoms with van der Waals surface area (Å²) in [5.74, 6) is 1.28. The molecule has 0 amide bonds. The molecular formula is C10H16N2S. The van der Waals surface area contributed by atoms with Gasteiger partial charge in [0.1, 0.15) is 0 Å². The zero-order valence-corrected chi connectivity index (χ0v) is 9.03. The Bertz CT molecular complexity index is 300. The van der Waals surface area contributed by atoms with Crippen LogP contribution in [-0.4, -0.2) is 4.98 Å². The molecule has 3 heteroatoms. The summed E-state index contributed by atoms with van der Waals surface area (Å²) in [6.07, 6.45) is 2.63. The summed E-state index contributed by atoms with van der Waals surface area (Å²) in [5.41, 5.74) is 7.00. The third-order valence-corrected chi connectivity index (χ3v) is 3.78. The van der Waals surface area contributed by atoms with Crippen molar-refractivity contribution in [3.8, 4) is 0 Å². The summed E-state index contributed by atoms with van der Waals surface area (Å²) in [5, 5.41) is 1.25. The lowest BCUT2D eigenvalue weighted by Gasteiger charge is -1.95. The quantitative estimate of drug-likeness (QED) is 0.807.